The van der Waals surface area contributed by atoms with Gasteiger partial charge in [-0.1, -0.05) is 0 Å². The maximum atomic E-state index is 11.1. The largest absolute Gasteiger partial charge is 0.388 e. The molecule has 0 saturated carbocycles. The van der Waals surface area contributed by atoms with Crippen molar-refractivity contribution in [2.45, 2.75) is 69.2 Å². The van der Waals surface area contributed by atoms with E-state index in [-0.39, 0.29) is 11.1 Å². The normalized spacial score (nSPS) is 39.2. The van der Waals surface area contributed by atoms with Crippen molar-refractivity contribution in [3.63, 3.8) is 0 Å². The lowest BCUT2D eigenvalue weighted by atomic mass is 9.64. The third kappa shape index (κ3) is 2.36. The quantitative estimate of drug-likeness (QED) is 0.635. The summed E-state index contributed by atoms with van der Waals surface area (Å²) in [5.74, 6) is 0. The molecule has 0 aromatic carbocycles. The summed E-state index contributed by atoms with van der Waals surface area (Å²) in [7, 11) is 0. The topological polar surface area (TPSA) is 67.5 Å². The second-order valence-corrected chi connectivity index (χ2v) is 7.24. The molecule has 4 N–H and O–H groups in total. The first-order valence-corrected chi connectivity index (χ1v) is 6.46. The van der Waals surface area contributed by atoms with E-state index in [0.29, 0.717) is 26.1 Å². The van der Waals surface area contributed by atoms with Crippen LogP contribution in [0.5, 0.6) is 0 Å². The zero-order valence-electron chi connectivity index (χ0n) is 11.5. The van der Waals surface area contributed by atoms with E-state index in [1.54, 1.807) is 0 Å². The fourth-order valence-electron chi connectivity index (χ4n) is 3.83. The lowest BCUT2D eigenvalue weighted by Gasteiger charge is -2.55. The highest BCUT2D eigenvalue weighted by atomic mass is 16.5. The van der Waals surface area contributed by atoms with Crippen LogP contribution < -0.4 is 11.1 Å². The Morgan fingerprint density at radius 3 is 2.06 bits per heavy atom. The van der Waals surface area contributed by atoms with Crippen LogP contribution in [0.25, 0.3) is 0 Å². The smallest absolute Gasteiger partial charge is 0.0884 e. The molecule has 0 amide bonds. The first-order chi connectivity index (χ1) is 7.58. The minimum Gasteiger partial charge on any atom is -0.388 e. The number of piperidine rings is 1. The maximum absolute atomic E-state index is 11.1. The van der Waals surface area contributed by atoms with E-state index in [4.69, 9.17) is 10.5 Å². The molecule has 4 nitrogen and oxygen atoms in total. The number of ether oxygens (including phenoxy) is 1. The Hall–Kier alpha value is -0.160. The van der Waals surface area contributed by atoms with Gasteiger partial charge in [0.05, 0.1) is 17.7 Å². The maximum Gasteiger partial charge on any atom is 0.0884 e. The van der Waals surface area contributed by atoms with Gasteiger partial charge in [-0.2, -0.15) is 0 Å². The van der Waals surface area contributed by atoms with Gasteiger partial charge >= 0.3 is 0 Å². The van der Waals surface area contributed by atoms with Crippen LogP contribution in [0.2, 0.25) is 0 Å². The summed E-state index contributed by atoms with van der Waals surface area (Å²) in [6.45, 7) is 9.62. The monoisotopic (exact) mass is 242 g/mol. The van der Waals surface area contributed by atoms with Crippen molar-refractivity contribution in [1.82, 2.24) is 5.32 Å². The molecule has 2 rings (SSSR count). The van der Waals surface area contributed by atoms with Gasteiger partial charge in [-0.25, -0.2) is 0 Å². The summed E-state index contributed by atoms with van der Waals surface area (Å²) in [6, 6.07) is 0. The lowest BCUT2D eigenvalue weighted by Crippen LogP contribution is -2.72. The Morgan fingerprint density at radius 1 is 1.12 bits per heavy atom. The molecule has 2 fully saturated rings. The molecule has 17 heavy (non-hydrogen) atoms. The Kier molecular flexibility index (Phi) is 2.86. The van der Waals surface area contributed by atoms with Gasteiger partial charge in [0.25, 0.3) is 0 Å². The average Bonchev–Trinajstić information content (AvgIpc) is 2.46. The summed E-state index contributed by atoms with van der Waals surface area (Å²) in [5, 5.41) is 14.6. The Balaban J connectivity index is 2.30. The third-order valence-corrected chi connectivity index (χ3v) is 4.12. The van der Waals surface area contributed by atoms with Crippen molar-refractivity contribution >= 4 is 0 Å². The average molecular weight is 242 g/mol. The van der Waals surface area contributed by atoms with Crippen LogP contribution in [0.1, 0.15) is 47.0 Å². The highest BCUT2D eigenvalue weighted by molar-refractivity contribution is 5.15. The molecule has 2 saturated heterocycles. The number of nitrogens with one attached hydrogen (secondary N) is 1. The van der Waals surface area contributed by atoms with Crippen LogP contribution in [0, 0.1) is 0 Å². The molecule has 1 unspecified atom stereocenters. The molecule has 2 aliphatic rings. The van der Waals surface area contributed by atoms with E-state index in [0.717, 1.165) is 6.42 Å². The second-order valence-electron chi connectivity index (χ2n) is 7.24. The van der Waals surface area contributed by atoms with Crippen molar-refractivity contribution in [1.29, 1.82) is 0 Å². The first kappa shape index (κ1) is 13.3. The van der Waals surface area contributed by atoms with Gasteiger partial charge in [0.1, 0.15) is 0 Å². The van der Waals surface area contributed by atoms with E-state index in [9.17, 15) is 5.11 Å². The van der Waals surface area contributed by atoms with Crippen LogP contribution in [0.15, 0.2) is 0 Å². The Labute approximate surface area is 104 Å². The number of hydrogen-bond donors (Lipinski definition) is 3. The van der Waals surface area contributed by atoms with E-state index >= 15 is 0 Å². The van der Waals surface area contributed by atoms with E-state index in [1.165, 1.54) is 0 Å². The zero-order chi connectivity index (χ0) is 12.9. The van der Waals surface area contributed by atoms with Gasteiger partial charge in [0.2, 0.25) is 0 Å². The summed E-state index contributed by atoms with van der Waals surface area (Å²) in [5.41, 5.74) is 4.76. The molecule has 0 bridgehead atoms. The van der Waals surface area contributed by atoms with Crippen LogP contribution in [0.3, 0.4) is 0 Å². The minimum atomic E-state index is -0.845. The number of hydrogen-bond acceptors (Lipinski definition) is 4. The Bertz CT molecular complexity index is 291. The molecule has 0 aromatic rings. The second kappa shape index (κ2) is 3.67. The predicted octanol–water partition coefficient (Wildman–Crippen LogP) is 0.776. The molecule has 1 atom stereocenters. The van der Waals surface area contributed by atoms with Crippen molar-refractivity contribution < 1.29 is 9.84 Å². The van der Waals surface area contributed by atoms with Crippen molar-refractivity contribution in [3.05, 3.63) is 0 Å². The van der Waals surface area contributed by atoms with E-state index < -0.39 is 11.1 Å². The molecule has 0 spiro atoms. The molecular formula is C13H26N2O2. The summed E-state index contributed by atoms with van der Waals surface area (Å²) in [4.78, 5) is 0. The number of aliphatic hydroxyl groups is 1. The predicted molar refractivity (Wildman–Crippen MR) is 67.8 cm³/mol. The molecule has 2 heterocycles. The van der Waals surface area contributed by atoms with Crippen LogP contribution in [0.4, 0.5) is 0 Å². The summed E-state index contributed by atoms with van der Waals surface area (Å²) < 4.78 is 5.41. The molecule has 0 aromatic heterocycles. The van der Waals surface area contributed by atoms with Gasteiger partial charge in [0.15, 0.2) is 0 Å². The summed E-state index contributed by atoms with van der Waals surface area (Å²) in [6.07, 6.45) is 2.09. The lowest BCUT2D eigenvalue weighted by molar-refractivity contribution is -0.109. The van der Waals surface area contributed by atoms with Crippen LogP contribution in [-0.4, -0.2) is 40.5 Å². The van der Waals surface area contributed by atoms with Crippen molar-refractivity contribution in [2.24, 2.45) is 5.73 Å². The van der Waals surface area contributed by atoms with Crippen LogP contribution >= 0.6 is 0 Å². The number of nitrogens with two attached hydrogens (primary N) is 1. The molecular weight excluding hydrogens is 216 g/mol. The first-order valence-electron chi connectivity index (χ1n) is 6.46. The summed E-state index contributed by atoms with van der Waals surface area (Å²) >= 11 is 0. The van der Waals surface area contributed by atoms with E-state index in [1.807, 2.05) is 0 Å². The van der Waals surface area contributed by atoms with Gasteiger partial charge in [-0.3, -0.25) is 0 Å². The van der Waals surface area contributed by atoms with Crippen LogP contribution in [-0.2, 0) is 4.74 Å². The fourth-order valence-corrected chi connectivity index (χ4v) is 3.83. The van der Waals surface area contributed by atoms with Gasteiger partial charge in [0, 0.05) is 17.7 Å². The molecule has 0 aliphatic carbocycles. The van der Waals surface area contributed by atoms with Crippen molar-refractivity contribution in [2.75, 3.05) is 13.2 Å². The molecule has 0 radical (unpaired) electrons. The van der Waals surface area contributed by atoms with Gasteiger partial charge < -0.3 is 20.9 Å². The number of rotatable bonds is 1. The van der Waals surface area contributed by atoms with Crippen molar-refractivity contribution in [3.8, 4) is 0 Å². The minimum absolute atomic E-state index is 0.106. The standard InChI is InChI=1S/C13H26N2O2/c1-10(2)7-13(16,8-11(3,4)15-10)12(14)5-6-17-9-12/h15-16H,5-9,14H2,1-4H3. The Morgan fingerprint density at radius 2 is 1.65 bits per heavy atom. The third-order valence-electron chi connectivity index (χ3n) is 4.12. The van der Waals surface area contributed by atoms with Gasteiger partial charge in [-0.15, -0.1) is 0 Å². The highest BCUT2D eigenvalue weighted by Gasteiger charge is 2.57. The molecule has 2 aliphatic heterocycles. The van der Waals surface area contributed by atoms with Gasteiger partial charge in [-0.05, 0) is 47.0 Å². The SMILES string of the molecule is CC1(C)CC(O)(C2(N)CCOC2)CC(C)(C)N1. The zero-order valence-corrected chi connectivity index (χ0v) is 11.5. The molecule has 4 heteroatoms. The fraction of sp³-hybridized carbons (Fsp3) is 1.00. The molecule has 100 valence electrons. The highest BCUT2D eigenvalue weighted by Crippen LogP contribution is 2.43. The van der Waals surface area contributed by atoms with E-state index in [2.05, 4.69) is 33.0 Å².